The van der Waals surface area contributed by atoms with Crippen LogP contribution in [0.25, 0.3) is 6.08 Å². The fraction of sp³-hybridized carbons (Fsp3) is 0.250. The molecule has 5 nitrogen and oxygen atoms in total. The summed E-state index contributed by atoms with van der Waals surface area (Å²) < 4.78 is 4.06. The molecule has 0 fully saturated rings. The molecule has 2 aromatic rings. The molecule has 0 atom stereocenters. The van der Waals surface area contributed by atoms with Crippen molar-refractivity contribution in [1.82, 2.24) is 9.36 Å². The van der Waals surface area contributed by atoms with Gasteiger partial charge in [-0.1, -0.05) is 49.9 Å². The summed E-state index contributed by atoms with van der Waals surface area (Å²) in [6.45, 7) is 4.23. The van der Waals surface area contributed by atoms with Gasteiger partial charge in [-0.05, 0) is 29.4 Å². The maximum atomic E-state index is 12.2. The Morgan fingerprint density at radius 3 is 2.61 bits per heavy atom. The number of anilines is 1. The highest BCUT2D eigenvalue weighted by molar-refractivity contribution is 7.98. The fourth-order valence-electron chi connectivity index (χ4n) is 1.80. The Morgan fingerprint density at radius 1 is 1.39 bits per heavy atom. The van der Waals surface area contributed by atoms with Gasteiger partial charge >= 0.3 is 0 Å². The minimum Gasteiger partial charge on any atom is -0.296 e. The molecule has 0 bridgehead atoms. The third-order valence-corrected chi connectivity index (χ3v) is 4.38. The van der Waals surface area contributed by atoms with Crippen molar-refractivity contribution in [3.05, 3.63) is 41.0 Å². The van der Waals surface area contributed by atoms with Crippen LogP contribution in [-0.4, -0.2) is 21.5 Å². The quantitative estimate of drug-likeness (QED) is 0.505. The maximum Gasteiger partial charge on any atom is 0.268 e. The minimum absolute atomic E-state index is 0.0307. The number of carbonyl (C=O) groups excluding carboxylic acids is 1. The SMILES string of the molecule is CSc1nsc(NC(=O)C(C#N)=Cc2ccc(C(C)C)cc2)n1. The molecule has 0 aliphatic heterocycles. The van der Waals surface area contributed by atoms with E-state index < -0.39 is 5.91 Å². The first-order valence-corrected chi connectivity index (χ1v) is 8.94. The van der Waals surface area contributed by atoms with E-state index in [1.807, 2.05) is 36.6 Å². The van der Waals surface area contributed by atoms with Gasteiger partial charge in [0.05, 0.1) is 0 Å². The van der Waals surface area contributed by atoms with Gasteiger partial charge in [0, 0.05) is 11.5 Å². The van der Waals surface area contributed by atoms with Gasteiger partial charge in [-0.3, -0.25) is 10.1 Å². The molecule has 118 valence electrons. The number of benzene rings is 1. The molecule has 0 spiro atoms. The second kappa shape index (κ2) is 7.90. The number of rotatable bonds is 5. The predicted molar refractivity (Wildman–Crippen MR) is 94.4 cm³/mol. The third-order valence-electron chi connectivity index (χ3n) is 3.09. The van der Waals surface area contributed by atoms with Gasteiger partial charge in [0.2, 0.25) is 10.3 Å². The third kappa shape index (κ3) is 4.65. The highest BCUT2D eigenvalue weighted by Gasteiger charge is 2.12. The summed E-state index contributed by atoms with van der Waals surface area (Å²) in [6.07, 6.45) is 3.42. The molecule has 1 aromatic carbocycles. The molecule has 1 N–H and O–H groups in total. The minimum atomic E-state index is -0.482. The highest BCUT2D eigenvalue weighted by atomic mass is 32.2. The molecule has 1 amide bonds. The Labute approximate surface area is 143 Å². The first kappa shape index (κ1) is 17.2. The summed E-state index contributed by atoms with van der Waals surface area (Å²) in [6, 6.07) is 9.73. The van der Waals surface area contributed by atoms with E-state index in [-0.39, 0.29) is 5.57 Å². The molecule has 0 aliphatic carbocycles. The molecule has 0 saturated heterocycles. The van der Waals surface area contributed by atoms with Crippen LogP contribution < -0.4 is 5.32 Å². The van der Waals surface area contributed by atoms with Crippen molar-refractivity contribution >= 4 is 40.4 Å². The highest BCUT2D eigenvalue weighted by Crippen LogP contribution is 2.19. The maximum absolute atomic E-state index is 12.2. The Kier molecular flexibility index (Phi) is 5.90. The van der Waals surface area contributed by atoms with Crippen molar-refractivity contribution in [2.24, 2.45) is 0 Å². The smallest absolute Gasteiger partial charge is 0.268 e. The van der Waals surface area contributed by atoms with Crippen LogP contribution in [0.4, 0.5) is 5.13 Å². The molecule has 0 radical (unpaired) electrons. The fourth-order valence-corrected chi connectivity index (χ4v) is 2.92. The number of amides is 1. The lowest BCUT2D eigenvalue weighted by Crippen LogP contribution is -2.13. The summed E-state index contributed by atoms with van der Waals surface area (Å²) in [5.41, 5.74) is 2.05. The van der Waals surface area contributed by atoms with Crippen LogP contribution in [0.2, 0.25) is 0 Å². The van der Waals surface area contributed by atoms with E-state index in [9.17, 15) is 10.1 Å². The lowest BCUT2D eigenvalue weighted by Gasteiger charge is -2.05. The van der Waals surface area contributed by atoms with Gasteiger partial charge in [-0.15, -0.1) is 0 Å². The zero-order valence-corrected chi connectivity index (χ0v) is 14.7. The molecule has 1 heterocycles. The zero-order chi connectivity index (χ0) is 16.8. The van der Waals surface area contributed by atoms with Crippen molar-refractivity contribution in [3.63, 3.8) is 0 Å². The number of nitriles is 1. The standard InChI is InChI=1S/C16H16N4OS2/c1-10(2)12-6-4-11(5-7-12)8-13(9-17)14(21)18-15-19-16(22-3)20-23-15/h4-8,10H,1-3H3,(H,18,19,20,21). The molecule has 2 rings (SSSR count). The van der Waals surface area contributed by atoms with Crippen LogP contribution in [0.3, 0.4) is 0 Å². The van der Waals surface area contributed by atoms with Crippen LogP contribution >= 0.6 is 23.3 Å². The van der Waals surface area contributed by atoms with Gasteiger partial charge in [-0.2, -0.15) is 14.6 Å². The van der Waals surface area contributed by atoms with Crippen molar-refractivity contribution in [3.8, 4) is 6.07 Å². The second-order valence-electron chi connectivity index (χ2n) is 5.03. The normalized spacial score (nSPS) is 11.3. The van der Waals surface area contributed by atoms with Gasteiger partial charge in [0.1, 0.15) is 11.6 Å². The number of hydrogen-bond acceptors (Lipinski definition) is 6. The first-order valence-electron chi connectivity index (χ1n) is 6.94. The summed E-state index contributed by atoms with van der Waals surface area (Å²) in [7, 11) is 0. The van der Waals surface area contributed by atoms with Gasteiger partial charge < -0.3 is 0 Å². The lowest BCUT2D eigenvalue weighted by atomic mass is 10.0. The van der Waals surface area contributed by atoms with E-state index in [1.165, 1.54) is 17.3 Å². The average Bonchev–Trinajstić information content (AvgIpc) is 3.00. The first-order chi connectivity index (χ1) is 11.0. The van der Waals surface area contributed by atoms with Crippen molar-refractivity contribution < 1.29 is 4.79 Å². The van der Waals surface area contributed by atoms with Gasteiger partial charge in [-0.25, -0.2) is 0 Å². The number of carbonyl (C=O) groups is 1. The van der Waals surface area contributed by atoms with Crippen molar-refractivity contribution in [2.45, 2.75) is 24.9 Å². The van der Waals surface area contributed by atoms with E-state index in [0.717, 1.165) is 17.1 Å². The van der Waals surface area contributed by atoms with Crippen molar-refractivity contribution in [1.29, 1.82) is 5.26 Å². The zero-order valence-electron chi connectivity index (χ0n) is 13.0. The van der Waals surface area contributed by atoms with Crippen LogP contribution in [0, 0.1) is 11.3 Å². The van der Waals surface area contributed by atoms with Crippen LogP contribution in [0.1, 0.15) is 30.9 Å². The lowest BCUT2D eigenvalue weighted by molar-refractivity contribution is -0.112. The molecular weight excluding hydrogens is 328 g/mol. The van der Waals surface area contributed by atoms with E-state index >= 15 is 0 Å². The number of nitrogens with one attached hydrogen (secondary N) is 1. The Hall–Kier alpha value is -2.17. The summed E-state index contributed by atoms with van der Waals surface area (Å²) in [4.78, 5) is 16.3. The van der Waals surface area contributed by atoms with Crippen LogP contribution in [-0.2, 0) is 4.79 Å². The number of nitrogens with zero attached hydrogens (tertiary/aromatic N) is 3. The van der Waals surface area contributed by atoms with Crippen molar-refractivity contribution in [2.75, 3.05) is 11.6 Å². The van der Waals surface area contributed by atoms with Gasteiger partial charge in [0.25, 0.3) is 5.91 Å². The molecule has 0 saturated carbocycles. The Bertz CT molecular complexity index is 757. The van der Waals surface area contributed by atoms with E-state index in [1.54, 1.807) is 6.08 Å². The topological polar surface area (TPSA) is 78.7 Å². The van der Waals surface area contributed by atoms with E-state index in [4.69, 9.17) is 0 Å². The van der Waals surface area contributed by atoms with Crippen LogP contribution in [0.15, 0.2) is 35.0 Å². The van der Waals surface area contributed by atoms with E-state index in [0.29, 0.717) is 16.2 Å². The van der Waals surface area contributed by atoms with E-state index in [2.05, 4.69) is 28.5 Å². The number of hydrogen-bond donors (Lipinski definition) is 1. The molecule has 0 aliphatic rings. The van der Waals surface area contributed by atoms with Crippen LogP contribution in [0.5, 0.6) is 0 Å². The largest absolute Gasteiger partial charge is 0.296 e. The Morgan fingerprint density at radius 2 is 2.09 bits per heavy atom. The molecule has 0 unspecified atom stereocenters. The molecule has 7 heteroatoms. The molecular formula is C16H16N4OS2. The molecule has 1 aromatic heterocycles. The Balaban J connectivity index is 2.14. The summed E-state index contributed by atoms with van der Waals surface area (Å²) in [5.74, 6) is -0.0426. The number of thioether (sulfide) groups is 1. The number of aromatic nitrogens is 2. The monoisotopic (exact) mass is 344 g/mol. The average molecular weight is 344 g/mol. The predicted octanol–water partition coefficient (Wildman–Crippen LogP) is 3.93. The molecule has 23 heavy (non-hydrogen) atoms. The summed E-state index contributed by atoms with van der Waals surface area (Å²) >= 11 is 2.49. The summed E-state index contributed by atoms with van der Waals surface area (Å²) in [5, 5.41) is 12.8. The van der Waals surface area contributed by atoms with Gasteiger partial charge in [0.15, 0.2) is 0 Å². The second-order valence-corrected chi connectivity index (χ2v) is 6.56.